The minimum absolute atomic E-state index is 0.550. The van der Waals surface area contributed by atoms with Crippen molar-refractivity contribution in [2.45, 2.75) is 20.3 Å². The third-order valence-corrected chi connectivity index (χ3v) is 3.65. The summed E-state index contributed by atoms with van der Waals surface area (Å²) in [4.78, 5) is 4.21. The SMILES string of the molecule is CN=C(NCCSC)NCCc1ccc(OCC(C)C)cc1. The van der Waals surface area contributed by atoms with E-state index in [1.165, 1.54) is 5.56 Å². The van der Waals surface area contributed by atoms with Crippen LogP contribution in [0.5, 0.6) is 5.75 Å². The van der Waals surface area contributed by atoms with Gasteiger partial charge in [-0.15, -0.1) is 0 Å². The molecule has 0 radical (unpaired) electrons. The van der Waals surface area contributed by atoms with Gasteiger partial charge in [0.1, 0.15) is 5.75 Å². The Morgan fingerprint density at radius 1 is 1.18 bits per heavy atom. The van der Waals surface area contributed by atoms with E-state index >= 15 is 0 Å². The van der Waals surface area contributed by atoms with E-state index in [-0.39, 0.29) is 0 Å². The number of hydrogen-bond donors (Lipinski definition) is 2. The summed E-state index contributed by atoms with van der Waals surface area (Å²) in [5.74, 6) is 3.44. The summed E-state index contributed by atoms with van der Waals surface area (Å²) in [7, 11) is 1.80. The molecule has 0 aromatic heterocycles. The van der Waals surface area contributed by atoms with Crippen molar-refractivity contribution >= 4 is 17.7 Å². The highest BCUT2D eigenvalue weighted by atomic mass is 32.2. The number of ether oxygens (including phenoxy) is 1. The highest BCUT2D eigenvalue weighted by Gasteiger charge is 2.00. The maximum Gasteiger partial charge on any atom is 0.191 e. The number of rotatable bonds is 9. The van der Waals surface area contributed by atoms with E-state index in [0.29, 0.717) is 5.92 Å². The van der Waals surface area contributed by atoms with Crippen LogP contribution in [-0.4, -0.2) is 44.7 Å². The molecule has 0 saturated heterocycles. The van der Waals surface area contributed by atoms with Gasteiger partial charge in [-0.25, -0.2) is 0 Å². The van der Waals surface area contributed by atoms with Crippen molar-refractivity contribution in [1.82, 2.24) is 10.6 Å². The second kappa shape index (κ2) is 11.2. The summed E-state index contributed by atoms with van der Waals surface area (Å²) < 4.78 is 5.69. The van der Waals surface area contributed by atoms with Crippen LogP contribution in [0, 0.1) is 5.92 Å². The first-order chi connectivity index (χ1) is 10.7. The Labute approximate surface area is 139 Å². The lowest BCUT2D eigenvalue weighted by Gasteiger charge is -2.12. The molecule has 0 spiro atoms. The molecular formula is C17H29N3OS. The minimum atomic E-state index is 0.550. The van der Waals surface area contributed by atoms with Crippen molar-refractivity contribution in [3.63, 3.8) is 0 Å². The van der Waals surface area contributed by atoms with Gasteiger partial charge < -0.3 is 15.4 Å². The third kappa shape index (κ3) is 8.17. The number of aliphatic imine (C=N–C) groups is 1. The lowest BCUT2D eigenvalue weighted by atomic mass is 10.1. The standard InChI is InChI=1S/C17H29N3OS/c1-14(2)13-21-16-7-5-15(6-8-16)9-10-19-17(18-3)20-11-12-22-4/h5-8,14H,9-13H2,1-4H3,(H2,18,19,20). The first-order valence-electron chi connectivity index (χ1n) is 7.81. The summed E-state index contributed by atoms with van der Waals surface area (Å²) >= 11 is 1.82. The molecule has 0 fully saturated rings. The normalized spacial score (nSPS) is 11.6. The average molecular weight is 324 g/mol. The van der Waals surface area contributed by atoms with Crippen LogP contribution in [-0.2, 0) is 6.42 Å². The van der Waals surface area contributed by atoms with Gasteiger partial charge in [0.05, 0.1) is 6.61 Å². The zero-order valence-electron chi connectivity index (χ0n) is 14.2. The molecule has 0 saturated carbocycles. The number of thioether (sulfide) groups is 1. The van der Waals surface area contributed by atoms with Crippen LogP contribution >= 0.6 is 11.8 Å². The molecule has 0 atom stereocenters. The van der Waals surface area contributed by atoms with Gasteiger partial charge in [0, 0.05) is 25.9 Å². The van der Waals surface area contributed by atoms with Crippen LogP contribution in [0.1, 0.15) is 19.4 Å². The van der Waals surface area contributed by atoms with E-state index in [0.717, 1.165) is 43.6 Å². The highest BCUT2D eigenvalue weighted by Crippen LogP contribution is 2.13. The van der Waals surface area contributed by atoms with Crippen molar-refractivity contribution in [3.05, 3.63) is 29.8 Å². The van der Waals surface area contributed by atoms with Crippen LogP contribution in [0.15, 0.2) is 29.3 Å². The van der Waals surface area contributed by atoms with Crippen LogP contribution in [0.25, 0.3) is 0 Å². The maximum atomic E-state index is 5.69. The molecule has 0 amide bonds. The van der Waals surface area contributed by atoms with Gasteiger partial charge in [-0.2, -0.15) is 11.8 Å². The fourth-order valence-electron chi connectivity index (χ4n) is 1.83. The van der Waals surface area contributed by atoms with Gasteiger partial charge in [0.25, 0.3) is 0 Å². The lowest BCUT2D eigenvalue weighted by molar-refractivity contribution is 0.271. The van der Waals surface area contributed by atoms with Gasteiger partial charge in [-0.1, -0.05) is 26.0 Å². The fourth-order valence-corrected chi connectivity index (χ4v) is 2.14. The fraction of sp³-hybridized carbons (Fsp3) is 0.588. The van der Waals surface area contributed by atoms with Gasteiger partial charge >= 0.3 is 0 Å². The van der Waals surface area contributed by atoms with Crippen LogP contribution < -0.4 is 15.4 Å². The Hall–Kier alpha value is -1.36. The molecular weight excluding hydrogens is 294 g/mol. The van der Waals surface area contributed by atoms with Crippen molar-refractivity contribution in [2.24, 2.45) is 10.9 Å². The molecule has 5 heteroatoms. The van der Waals surface area contributed by atoms with Gasteiger partial charge in [0.15, 0.2) is 5.96 Å². The van der Waals surface area contributed by atoms with E-state index in [4.69, 9.17) is 4.74 Å². The third-order valence-electron chi connectivity index (χ3n) is 3.04. The topological polar surface area (TPSA) is 45.7 Å². The maximum absolute atomic E-state index is 5.69. The lowest BCUT2D eigenvalue weighted by Crippen LogP contribution is -2.39. The monoisotopic (exact) mass is 323 g/mol. The van der Waals surface area contributed by atoms with Crippen molar-refractivity contribution in [2.75, 3.05) is 38.8 Å². The zero-order valence-corrected chi connectivity index (χ0v) is 15.0. The van der Waals surface area contributed by atoms with Crippen LogP contribution in [0.4, 0.5) is 0 Å². The highest BCUT2D eigenvalue weighted by molar-refractivity contribution is 7.98. The summed E-state index contributed by atoms with van der Waals surface area (Å²) in [5, 5.41) is 6.62. The zero-order chi connectivity index (χ0) is 16.2. The average Bonchev–Trinajstić information content (AvgIpc) is 2.52. The molecule has 0 aliphatic heterocycles. The van der Waals surface area contributed by atoms with Crippen LogP contribution in [0.3, 0.4) is 0 Å². The molecule has 1 aromatic rings. The molecule has 4 nitrogen and oxygen atoms in total. The van der Waals surface area contributed by atoms with E-state index in [9.17, 15) is 0 Å². The predicted molar refractivity (Wildman–Crippen MR) is 98.2 cm³/mol. The molecule has 0 aliphatic rings. The van der Waals surface area contributed by atoms with Crippen LogP contribution in [0.2, 0.25) is 0 Å². The molecule has 1 rings (SSSR count). The molecule has 0 unspecified atom stereocenters. The molecule has 0 heterocycles. The Kier molecular flexibility index (Phi) is 9.55. The Bertz CT molecular complexity index is 432. The second-order valence-electron chi connectivity index (χ2n) is 5.52. The van der Waals surface area contributed by atoms with Crippen molar-refractivity contribution in [3.8, 4) is 5.75 Å². The van der Waals surface area contributed by atoms with E-state index in [2.05, 4.69) is 47.9 Å². The minimum Gasteiger partial charge on any atom is -0.493 e. The Morgan fingerprint density at radius 3 is 2.45 bits per heavy atom. The van der Waals surface area contributed by atoms with Gasteiger partial charge in [-0.05, 0) is 36.3 Å². The van der Waals surface area contributed by atoms with E-state index in [1.807, 2.05) is 23.9 Å². The molecule has 2 N–H and O–H groups in total. The Morgan fingerprint density at radius 2 is 1.86 bits per heavy atom. The number of hydrogen-bond acceptors (Lipinski definition) is 3. The summed E-state index contributed by atoms with van der Waals surface area (Å²) in [6, 6.07) is 8.34. The largest absolute Gasteiger partial charge is 0.493 e. The molecule has 124 valence electrons. The quantitative estimate of drug-likeness (QED) is 0.417. The summed E-state index contributed by atoms with van der Waals surface area (Å²) in [6.07, 6.45) is 3.07. The molecule has 1 aromatic carbocycles. The molecule has 0 aliphatic carbocycles. The number of guanidine groups is 1. The number of benzene rings is 1. The molecule has 0 bridgehead atoms. The van der Waals surface area contributed by atoms with E-state index in [1.54, 1.807) is 7.05 Å². The van der Waals surface area contributed by atoms with Crippen molar-refractivity contribution in [1.29, 1.82) is 0 Å². The predicted octanol–water partition coefficient (Wildman–Crippen LogP) is 2.79. The van der Waals surface area contributed by atoms with Gasteiger partial charge in [-0.3, -0.25) is 4.99 Å². The summed E-state index contributed by atoms with van der Waals surface area (Å²) in [6.45, 7) is 6.87. The first-order valence-corrected chi connectivity index (χ1v) is 9.20. The summed E-state index contributed by atoms with van der Waals surface area (Å²) in [5.41, 5.74) is 1.30. The van der Waals surface area contributed by atoms with Gasteiger partial charge in [0.2, 0.25) is 0 Å². The number of nitrogens with zero attached hydrogens (tertiary/aromatic N) is 1. The Balaban J connectivity index is 2.29. The molecule has 22 heavy (non-hydrogen) atoms. The van der Waals surface area contributed by atoms with Crippen molar-refractivity contribution < 1.29 is 4.74 Å². The number of nitrogens with one attached hydrogen (secondary N) is 2. The van der Waals surface area contributed by atoms with E-state index < -0.39 is 0 Å². The second-order valence-corrected chi connectivity index (χ2v) is 6.50. The first kappa shape index (κ1) is 18.7. The smallest absolute Gasteiger partial charge is 0.191 e.